The highest BCUT2D eigenvalue weighted by Crippen LogP contribution is 2.12. The first-order valence-electron chi connectivity index (χ1n) is 4.88. The third-order valence-corrected chi connectivity index (χ3v) is 2.90. The Morgan fingerprint density at radius 1 is 1.50 bits per heavy atom. The molecule has 5 heteroatoms. The molecule has 1 aromatic carbocycles. The van der Waals surface area contributed by atoms with Gasteiger partial charge in [-0.15, -0.1) is 0 Å². The van der Waals surface area contributed by atoms with Crippen molar-refractivity contribution in [3.63, 3.8) is 0 Å². The highest BCUT2D eigenvalue weighted by molar-refractivity contribution is 14.1. The van der Waals surface area contributed by atoms with Crippen molar-refractivity contribution in [2.75, 3.05) is 27.2 Å². The molecule has 0 saturated heterocycles. The molecule has 1 N–H and O–H groups in total. The van der Waals surface area contributed by atoms with Crippen molar-refractivity contribution in [1.82, 2.24) is 10.2 Å². The minimum absolute atomic E-state index is 0.239. The molecule has 1 aromatic rings. The maximum atomic E-state index is 13.2. The van der Waals surface area contributed by atoms with Crippen LogP contribution in [-0.2, 0) is 0 Å². The van der Waals surface area contributed by atoms with Crippen molar-refractivity contribution < 1.29 is 9.18 Å². The summed E-state index contributed by atoms with van der Waals surface area (Å²) in [5, 5.41) is 2.73. The first-order valence-corrected chi connectivity index (χ1v) is 5.96. The fraction of sp³-hybridized carbons (Fsp3) is 0.364. The van der Waals surface area contributed by atoms with Crippen molar-refractivity contribution in [3.05, 3.63) is 33.1 Å². The number of benzene rings is 1. The van der Waals surface area contributed by atoms with Crippen LogP contribution < -0.4 is 5.32 Å². The van der Waals surface area contributed by atoms with Crippen LogP contribution >= 0.6 is 22.6 Å². The van der Waals surface area contributed by atoms with Gasteiger partial charge in [0, 0.05) is 22.2 Å². The van der Waals surface area contributed by atoms with E-state index in [0.29, 0.717) is 15.7 Å². The van der Waals surface area contributed by atoms with E-state index in [0.717, 1.165) is 6.54 Å². The second-order valence-corrected chi connectivity index (χ2v) is 4.85. The maximum Gasteiger partial charge on any atom is 0.251 e. The second kappa shape index (κ2) is 6.15. The van der Waals surface area contributed by atoms with Crippen LogP contribution in [0.25, 0.3) is 0 Å². The molecule has 0 unspecified atom stereocenters. The molecule has 3 nitrogen and oxygen atoms in total. The average molecular weight is 336 g/mol. The van der Waals surface area contributed by atoms with Gasteiger partial charge >= 0.3 is 0 Å². The van der Waals surface area contributed by atoms with Crippen LogP contribution in [0.3, 0.4) is 0 Å². The lowest BCUT2D eigenvalue weighted by atomic mass is 10.2. The summed E-state index contributed by atoms with van der Waals surface area (Å²) in [5.74, 6) is -0.599. The lowest BCUT2D eigenvalue weighted by Crippen LogP contribution is -2.31. The van der Waals surface area contributed by atoms with E-state index in [1.165, 1.54) is 6.07 Å². The van der Waals surface area contributed by atoms with E-state index in [4.69, 9.17) is 0 Å². The van der Waals surface area contributed by atoms with Crippen LogP contribution in [-0.4, -0.2) is 38.0 Å². The third kappa shape index (κ3) is 4.05. The molecule has 16 heavy (non-hydrogen) atoms. The van der Waals surface area contributed by atoms with Gasteiger partial charge in [0.1, 0.15) is 5.82 Å². The number of nitrogens with one attached hydrogen (secondary N) is 1. The van der Waals surface area contributed by atoms with E-state index < -0.39 is 0 Å². The van der Waals surface area contributed by atoms with Gasteiger partial charge < -0.3 is 10.2 Å². The molecule has 0 atom stereocenters. The van der Waals surface area contributed by atoms with Crippen molar-refractivity contribution in [1.29, 1.82) is 0 Å². The number of rotatable bonds is 4. The number of amides is 1. The quantitative estimate of drug-likeness (QED) is 0.850. The van der Waals surface area contributed by atoms with E-state index in [2.05, 4.69) is 5.32 Å². The zero-order valence-electron chi connectivity index (χ0n) is 9.26. The predicted molar refractivity (Wildman–Crippen MR) is 70.0 cm³/mol. The molecule has 0 heterocycles. The zero-order chi connectivity index (χ0) is 12.1. The summed E-state index contributed by atoms with van der Waals surface area (Å²) in [4.78, 5) is 13.6. The smallest absolute Gasteiger partial charge is 0.251 e. The van der Waals surface area contributed by atoms with Crippen molar-refractivity contribution in [2.24, 2.45) is 0 Å². The van der Waals surface area contributed by atoms with Gasteiger partial charge in [0.25, 0.3) is 5.91 Å². The van der Waals surface area contributed by atoms with Crippen molar-refractivity contribution in [2.45, 2.75) is 0 Å². The van der Waals surface area contributed by atoms with E-state index in [1.807, 2.05) is 41.6 Å². The zero-order valence-corrected chi connectivity index (χ0v) is 11.4. The Kier molecular flexibility index (Phi) is 5.14. The summed E-state index contributed by atoms with van der Waals surface area (Å²) >= 11 is 1.89. The van der Waals surface area contributed by atoms with Gasteiger partial charge in [-0.05, 0) is 54.9 Å². The van der Waals surface area contributed by atoms with Gasteiger partial charge in [-0.3, -0.25) is 4.79 Å². The lowest BCUT2D eigenvalue weighted by Gasteiger charge is -2.10. The van der Waals surface area contributed by atoms with E-state index in [-0.39, 0.29) is 11.7 Å². The molecule has 0 radical (unpaired) electrons. The van der Waals surface area contributed by atoms with E-state index >= 15 is 0 Å². The van der Waals surface area contributed by atoms with Crippen LogP contribution in [0.2, 0.25) is 0 Å². The molecule has 0 bridgehead atoms. The summed E-state index contributed by atoms with van der Waals surface area (Å²) in [5.41, 5.74) is 0.358. The van der Waals surface area contributed by atoms with Gasteiger partial charge in [0.05, 0.1) is 0 Å². The topological polar surface area (TPSA) is 32.3 Å². The summed E-state index contributed by atoms with van der Waals surface area (Å²) in [6.07, 6.45) is 0. The molecule has 88 valence electrons. The maximum absolute atomic E-state index is 13.2. The van der Waals surface area contributed by atoms with Gasteiger partial charge in [-0.2, -0.15) is 0 Å². The largest absolute Gasteiger partial charge is 0.351 e. The normalized spacial score (nSPS) is 10.6. The molecule has 0 aliphatic heterocycles. The Bertz CT molecular complexity index is 382. The summed E-state index contributed by atoms with van der Waals surface area (Å²) < 4.78 is 13.7. The number of carbonyl (C=O) groups excluding carboxylic acids is 1. The molecule has 1 amide bonds. The number of likely N-dealkylation sites (N-methyl/N-ethyl adjacent to an activating group) is 1. The number of halogens is 2. The molecule has 0 aromatic heterocycles. The first kappa shape index (κ1) is 13.4. The number of hydrogen-bond donors (Lipinski definition) is 1. The first-order chi connectivity index (χ1) is 7.50. The monoisotopic (exact) mass is 336 g/mol. The van der Waals surface area contributed by atoms with Crippen LogP contribution in [0.4, 0.5) is 4.39 Å². The Morgan fingerprint density at radius 3 is 2.75 bits per heavy atom. The van der Waals surface area contributed by atoms with Gasteiger partial charge in [0.15, 0.2) is 0 Å². The Morgan fingerprint density at radius 2 is 2.19 bits per heavy atom. The predicted octanol–water partition coefficient (Wildman–Crippen LogP) is 1.72. The Balaban J connectivity index is 2.56. The highest BCUT2D eigenvalue weighted by Gasteiger charge is 2.07. The van der Waals surface area contributed by atoms with Gasteiger partial charge in [0.2, 0.25) is 0 Å². The van der Waals surface area contributed by atoms with E-state index in [1.54, 1.807) is 12.1 Å². The highest BCUT2D eigenvalue weighted by atomic mass is 127. The van der Waals surface area contributed by atoms with E-state index in [9.17, 15) is 9.18 Å². The number of nitrogens with zero attached hydrogens (tertiary/aromatic N) is 1. The molecule has 0 spiro atoms. The van der Waals surface area contributed by atoms with Crippen LogP contribution in [0, 0.1) is 9.39 Å². The third-order valence-electron chi connectivity index (χ3n) is 2.03. The fourth-order valence-corrected chi connectivity index (χ4v) is 1.47. The molecule has 1 rings (SSSR count). The minimum atomic E-state index is -0.360. The molecule has 0 aliphatic rings. The number of carbonyl (C=O) groups is 1. The molecule has 0 aliphatic carbocycles. The molecular formula is C11H14FIN2O. The lowest BCUT2D eigenvalue weighted by molar-refractivity contribution is 0.0950. The van der Waals surface area contributed by atoms with Crippen molar-refractivity contribution in [3.8, 4) is 0 Å². The summed E-state index contributed by atoms with van der Waals surface area (Å²) in [6, 6.07) is 4.47. The fourth-order valence-electron chi connectivity index (χ4n) is 1.13. The van der Waals surface area contributed by atoms with Crippen LogP contribution in [0.1, 0.15) is 10.4 Å². The minimum Gasteiger partial charge on any atom is -0.351 e. The summed E-state index contributed by atoms with van der Waals surface area (Å²) in [6.45, 7) is 1.32. The second-order valence-electron chi connectivity index (χ2n) is 3.69. The Hall–Kier alpha value is -0.690. The molecule has 0 fully saturated rings. The average Bonchev–Trinajstić information content (AvgIpc) is 2.21. The standard InChI is InChI=1S/C11H14FIN2O/c1-15(2)6-5-14-11(16)8-3-4-10(13)9(12)7-8/h3-4,7H,5-6H2,1-2H3,(H,14,16). The molecule has 0 saturated carbocycles. The SMILES string of the molecule is CN(C)CCNC(=O)c1ccc(I)c(F)c1. The van der Waals surface area contributed by atoms with Gasteiger partial charge in [-0.25, -0.2) is 4.39 Å². The van der Waals surface area contributed by atoms with Crippen molar-refractivity contribution >= 4 is 28.5 Å². The summed E-state index contributed by atoms with van der Waals surface area (Å²) in [7, 11) is 3.85. The molecular weight excluding hydrogens is 322 g/mol. The van der Waals surface area contributed by atoms with Crippen LogP contribution in [0.5, 0.6) is 0 Å². The van der Waals surface area contributed by atoms with Gasteiger partial charge in [-0.1, -0.05) is 0 Å². The number of hydrogen-bond acceptors (Lipinski definition) is 2. The Labute approximate surface area is 108 Å². The van der Waals surface area contributed by atoms with Crippen LogP contribution in [0.15, 0.2) is 18.2 Å².